The molecule has 2 aromatic carbocycles. The Balaban J connectivity index is 1.82. The maximum atomic E-state index is 13.6. The summed E-state index contributed by atoms with van der Waals surface area (Å²) in [5.41, 5.74) is 3.56. The van der Waals surface area contributed by atoms with Crippen LogP contribution in [0.15, 0.2) is 36.4 Å². The van der Waals surface area contributed by atoms with E-state index >= 15 is 0 Å². The fourth-order valence-corrected chi connectivity index (χ4v) is 2.43. The van der Waals surface area contributed by atoms with Crippen LogP contribution in [-0.2, 0) is 6.54 Å². The molecule has 1 fully saturated rings. The zero-order valence-corrected chi connectivity index (χ0v) is 12.2. The quantitative estimate of drug-likeness (QED) is 0.860. The summed E-state index contributed by atoms with van der Waals surface area (Å²) >= 11 is 6.32. The van der Waals surface area contributed by atoms with E-state index in [1.807, 2.05) is 24.3 Å². The van der Waals surface area contributed by atoms with E-state index in [9.17, 15) is 4.39 Å². The lowest BCUT2D eigenvalue weighted by Crippen LogP contribution is -2.15. The van der Waals surface area contributed by atoms with E-state index in [1.54, 1.807) is 19.1 Å². The van der Waals surface area contributed by atoms with Crippen molar-refractivity contribution in [1.29, 1.82) is 0 Å². The van der Waals surface area contributed by atoms with Crippen molar-refractivity contribution in [3.8, 4) is 11.1 Å². The minimum absolute atomic E-state index is 0.182. The molecule has 1 N–H and O–H groups in total. The topological polar surface area (TPSA) is 12.0 Å². The summed E-state index contributed by atoms with van der Waals surface area (Å²) in [4.78, 5) is 0. The first-order chi connectivity index (χ1) is 9.63. The average molecular weight is 290 g/mol. The Hall–Kier alpha value is -1.38. The highest BCUT2D eigenvalue weighted by Gasteiger charge is 2.20. The third kappa shape index (κ3) is 3.02. The average Bonchev–Trinajstić information content (AvgIpc) is 3.24. The number of aryl methyl sites for hydroxylation is 1. The SMILES string of the molecule is Cc1ccc(-c2ccc(CNC3CC3)c(Cl)c2)cc1F. The summed E-state index contributed by atoms with van der Waals surface area (Å²) in [5.74, 6) is -0.182. The standard InChI is InChI=1S/C17H17ClFN/c1-11-2-3-13(9-17(11)19)12-4-5-14(16(18)8-12)10-20-15-6-7-15/h2-5,8-9,15,20H,6-7,10H2,1H3. The Bertz CT molecular complexity index is 635. The predicted octanol–water partition coefficient (Wildman–Crippen LogP) is 4.71. The Labute approximate surface area is 123 Å². The van der Waals surface area contributed by atoms with Crippen molar-refractivity contribution in [2.45, 2.75) is 32.4 Å². The van der Waals surface area contributed by atoms with Gasteiger partial charge in [0.15, 0.2) is 0 Å². The molecular weight excluding hydrogens is 273 g/mol. The highest BCUT2D eigenvalue weighted by Crippen LogP contribution is 2.28. The molecule has 1 aliphatic rings. The van der Waals surface area contributed by atoms with Gasteiger partial charge in [-0.1, -0.05) is 35.9 Å². The molecule has 2 aromatic rings. The first-order valence-electron chi connectivity index (χ1n) is 6.92. The minimum Gasteiger partial charge on any atom is -0.310 e. The molecule has 3 heteroatoms. The Morgan fingerprint density at radius 1 is 1.15 bits per heavy atom. The Morgan fingerprint density at radius 2 is 1.85 bits per heavy atom. The molecule has 0 radical (unpaired) electrons. The van der Waals surface area contributed by atoms with E-state index in [0.29, 0.717) is 11.6 Å². The van der Waals surface area contributed by atoms with Crippen LogP contribution in [0.2, 0.25) is 5.02 Å². The summed E-state index contributed by atoms with van der Waals surface area (Å²) in [6.45, 7) is 2.56. The van der Waals surface area contributed by atoms with Crippen LogP contribution in [0.1, 0.15) is 24.0 Å². The highest BCUT2D eigenvalue weighted by atomic mass is 35.5. The van der Waals surface area contributed by atoms with Gasteiger partial charge in [0.2, 0.25) is 0 Å². The molecule has 1 aliphatic carbocycles. The van der Waals surface area contributed by atoms with Gasteiger partial charge in [-0.25, -0.2) is 4.39 Å². The van der Waals surface area contributed by atoms with Crippen molar-refractivity contribution < 1.29 is 4.39 Å². The molecule has 0 unspecified atom stereocenters. The lowest BCUT2D eigenvalue weighted by atomic mass is 10.0. The van der Waals surface area contributed by atoms with Gasteiger partial charge < -0.3 is 5.32 Å². The molecule has 0 heterocycles. The molecule has 0 spiro atoms. The van der Waals surface area contributed by atoms with Crippen LogP contribution in [0, 0.1) is 12.7 Å². The van der Waals surface area contributed by atoms with E-state index in [2.05, 4.69) is 5.32 Å². The van der Waals surface area contributed by atoms with E-state index in [4.69, 9.17) is 11.6 Å². The number of hydrogen-bond donors (Lipinski definition) is 1. The summed E-state index contributed by atoms with van der Waals surface area (Å²) in [5, 5.41) is 4.18. The predicted molar refractivity (Wildman–Crippen MR) is 81.4 cm³/mol. The largest absolute Gasteiger partial charge is 0.310 e. The van der Waals surface area contributed by atoms with Crippen molar-refractivity contribution in [2.75, 3.05) is 0 Å². The molecule has 0 aliphatic heterocycles. The van der Waals surface area contributed by atoms with Gasteiger partial charge in [0.25, 0.3) is 0 Å². The van der Waals surface area contributed by atoms with E-state index in [1.165, 1.54) is 12.8 Å². The van der Waals surface area contributed by atoms with Gasteiger partial charge in [0, 0.05) is 17.6 Å². The monoisotopic (exact) mass is 289 g/mol. The van der Waals surface area contributed by atoms with Crippen molar-refractivity contribution in [3.05, 3.63) is 58.4 Å². The van der Waals surface area contributed by atoms with Gasteiger partial charge in [0.05, 0.1) is 0 Å². The summed E-state index contributed by atoms with van der Waals surface area (Å²) < 4.78 is 13.6. The van der Waals surface area contributed by atoms with E-state index in [-0.39, 0.29) is 5.82 Å². The van der Waals surface area contributed by atoms with Crippen LogP contribution in [0.5, 0.6) is 0 Å². The highest BCUT2D eigenvalue weighted by molar-refractivity contribution is 6.31. The summed E-state index contributed by atoms with van der Waals surface area (Å²) in [6.07, 6.45) is 2.52. The number of nitrogens with one attached hydrogen (secondary N) is 1. The molecule has 1 nitrogen and oxygen atoms in total. The Kier molecular flexibility index (Phi) is 3.77. The lowest BCUT2D eigenvalue weighted by Gasteiger charge is -2.09. The molecular formula is C17H17ClFN. The normalized spacial score (nSPS) is 14.6. The number of halogens is 2. The molecule has 20 heavy (non-hydrogen) atoms. The van der Waals surface area contributed by atoms with Crippen molar-refractivity contribution in [2.24, 2.45) is 0 Å². The molecule has 104 valence electrons. The van der Waals surface area contributed by atoms with E-state index < -0.39 is 0 Å². The zero-order valence-electron chi connectivity index (χ0n) is 11.4. The van der Waals surface area contributed by atoms with Gasteiger partial charge in [-0.3, -0.25) is 0 Å². The first-order valence-corrected chi connectivity index (χ1v) is 7.29. The van der Waals surface area contributed by atoms with Crippen LogP contribution in [0.4, 0.5) is 4.39 Å². The zero-order chi connectivity index (χ0) is 14.1. The van der Waals surface area contributed by atoms with Crippen LogP contribution in [0.25, 0.3) is 11.1 Å². The second-order valence-electron chi connectivity index (χ2n) is 5.43. The minimum atomic E-state index is -0.182. The number of hydrogen-bond acceptors (Lipinski definition) is 1. The van der Waals surface area contributed by atoms with Crippen LogP contribution >= 0.6 is 11.6 Å². The molecule has 3 rings (SSSR count). The van der Waals surface area contributed by atoms with E-state index in [0.717, 1.165) is 28.3 Å². The number of rotatable bonds is 4. The number of benzene rings is 2. The van der Waals surface area contributed by atoms with Crippen molar-refractivity contribution >= 4 is 11.6 Å². The maximum Gasteiger partial charge on any atom is 0.126 e. The van der Waals surface area contributed by atoms with Crippen LogP contribution < -0.4 is 5.32 Å². The van der Waals surface area contributed by atoms with Crippen LogP contribution in [0.3, 0.4) is 0 Å². The second kappa shape index (κ2) is 5.55. The van der Waals surface area contributed by atoms with Gasteiger partial charge in [-0.15, -0.1) is 0 Å². The fourth-order valence-electron chi connectivity index (χ4n) is 2.18. The second-order valence-corrected chi connectivity index (χ2v) is 5.83. The smallest absolute Gasteiger partial charge is 0.126 e. The molecule has 0 bridgehead atoms. The first kappa shape index (κ1) is 13.6. The van der Waals surface area contributed by atoms with Gasteiger partial charge in [-0.05, 0) is 54.2 Å². The molecule has 1 saturated carbocycles. The lowest BCUT2D eigenvalue weighted by molar-refractivity contribution is 0.619. The van der Waals surface area contributed by atoms with Crippen molar-refractivity contribution in [3.63, 3.8) is 0 Å². The molecule has 0 aromatic heterocycles. The molecule has 0 amide bonds. The fraction of sp³-hybridized carbons (Fsp3) is 0.294. The maximum absolute atomic E-state index is 13.6. The van der Waals surface area contributed by atoms with Gasteiger partial charge in [-0.2, -0.15) is 0 Å². The van der Waals surface area contributed by atoms with Gasteiger partial charge >= 0.3 is 0 Å². The summed E-state index contributed by atoms with van der Waals surface area (Å²) in [7, 11) is 0. The molecule has 0 atom stereocenters. The third-order valence-corrected chi connectivity index (χ3v) is 4.07. The van der Waals surface area contributed by atoms with Gasteiger partial charge in [0.1, 0.15) is 5.82 Å². The summed E-state index contributed by atoms with van der Waals surface area (Å²) in [6, 6.07) is 11.9. The third-order valence-electron chi connectivity index (χ3n) is 3.72. The van der Waals surface area contributed by atoms with Crippen LogP contribution in [-0.4, -0.2) is 6.04 Å². The van der Waals surface area contributed by atoms with Crippen molar-refractivity contribution in [1.82, 2.24) is 5.32 Å². The molecule has 0 saturated heterocycles. The Morgan fingerprint density at radius 3 is 2.50 bits per heavy atom.